The Hall–Kier alpha value is -0.100. The molecule has 0 radical (unpaired) electrons. The summed E-state index contributed by atoms with van der Waals surface area (Å²) >= 11 is 2.67. The fourth-order valence-corrected chi connectivity index (χ4v) is 3.59. The van der Waals surface area contributed by atoms with Crippen molar-refractivity contribution in [3.8, 4) is 0 Å². The van der Waals surface area contributed by atoms with E-state index in [4.69, 9.17) is 0 Å². The van der Waals surface area contributed by atoms with E-state index in [-0.39, 0.29) is 0 Å². The van der Waals surface area contributed by atoms with Gasteiger partial charge in [0.05, 0.1) is 0 Å². The van der Waals surface area contributed by atoms with E-state index in [1.165, 1.54) is 5.56 Å². The van der Waals surface area contributed by atoms with Crippen molar-refractivity contribution >= 4 is 27.3 Å². The quantitative estimate of drug-likeness (QED) is 0.805. The standard InChI is InChI=1S/C12H17BrN2OS/c1-2-17(16)15-5-3-10(4-6-15)11-7-12(13)9-14-8-11/h7-10H,2-6H2,1H3. The molecule has 1 aromatic heterocycles. The van der Waals surface area contributed by atoms with E-state index >= 15 is 0 Å². The molecule has 1 aliphatic heterocycles. The maximum Gasteiger partial charge on any atom is 0.123 e. The highest BCUT2D eigenvalue weighted by molar-refractivity contribution is 9.10. The predicted octanol–water partition coefficient (Wildman–Crippen LogP) is 2.71. The number of nitrogens with zero attached hydrogens (tertiary/aromatic N) is 2. The third-order valence-corrected chi connectivity index (χ3v) is 5.05. The highest BCUT2D eigenvalue weighted by Gasteiger charge is 2.26. The minimum Gasteiger partial charge on any atom is -0.598 e. The second-order valence-electron chi connectivity index (χ2n) is 4.25. The zero-order chi connectivity index (χ0) is 12.3. The first-order valence-electron chi connectivity index (χ1n) is 5.94. The normalized spacial score (nSPS) is 20.4. The molecular formula is C12H17BrN2OS. The van der Waals surface area contributed by atoms with E-state index in [9.17, 15) is 4.55 Å². The number of rotatable bonds is 3. The molecule has 0 saturated carbocycles. The van der Waals surface area contributed by atoms with Crippen LogP contribution in [0.15, 0.2) is 22.9 Å². The van der Waals surface area contributed by atoms with Crippen molar-refractivity contribution in [2.24, 2.45) is 0 Å². The Morgan fingerprint density at radius 2 is 2.18 bits per heavy atom. The van der Waals surface area contributed by atoms with Crippen LogP contribution in [0.3, 0.4) is 0 Å². The third-order valence-electron chi connectivity index (χ3n) is 3.19. The van der Waals surface area contributed by atoms with Gasteiger partial charge in [-0.05, 0) is 53.2 Å². The fraction of sp³-hybridized carbons (Fsp3) is 0.583. The van der Waals surface area contributed by atoms with Gasteiger partial charge in [0, 0.05) is 41.3 Å². The molecule has 0 bridgehead atoms. The molecule has 2 heterocycles. The van der Waals surface area contributed by atoms with E-state index in [0.717, 1.165) is 36.2 Å². The molecule has 1 unspecified atom stereocenters. The van der Waals surface area contributed by atoms with Gasteiger partial charge in [-0.3, -0.25) is 4.98 Å². The van der Waals surface area contributed by atoms with Crippen LogP contribution in [0.4, 0.5) is 0 Å². The third kappa shape index (κ3) is 3.44. The lowest BCUT2D eigenvalue weighted by Crippen LogP contribution is -2.38. The summed E-state index contributed by atoms with van der Waals surface area (Å²) in [7, 11) is 0. The number of pyridine rings is 1. The second-order valence-corrected chi connectivity index (χ2v) is 6.90. The van der Waals surface area contributed by atoms with E-state index in [1.54, 1.807) is 0 Å². The Morgan fingerprint density at radius 3 is 2.76 bits per heavy atom. The summed E-state index contributed by atoms with van der Waals surface area (Å²) in [6, 6.07) is 2.14. The molecule has 3 nitrogen and oxygen atoms in total. The summed E-state index contributed by atoms with van der Waals surface area (Å²) in [5.41, 5.74) is 1.29. The topological polar surface area (TPSA) is 39.2 Å². The van der Waals surface area contributed by atoms with Crippen LogP contribution in [0.1, 0.15) is 31.2 Å². The molecule has 1 aliphatic rings. The van der Waals surface area contributed by atoms with Crippen LogP contribution in [0, 0.1) is 0 Å². The fourth-order valence-electron chi connectivity index (χ4n) is 2.23. The molecule has 1 fully saturated rings. The van der Waals surface area contributed by atoms with Crippen LogP contribution in [-0.4, -0.2) is 32.7 Å². The molecule has 2 rings (SSSR count). The van der Waals surface area contributed by atoms with Gasteiger partial charge in [-0.2, -0.15) is 0 Å². The van der Waals surface area contributed by atoms with E-state index in [0.29, 0.717) is 5.92 Å². The van der Waals surface area contributed by atoms with Crippen LogP contribution in [0.2, 0.25) is 0 Å². The largest absolute Gasteiger partial charge is 0.598 e. The minimum atomic E-state index is -0.781. The Bertz CT molecular complexity index is 369. The van der Waals surface area contributed by atoms with Gasteiger partial charge in [0.1, 0.15) is 5.75 Å². The number of hydrogen-bond donors (Lipinski definition) is 0. The van der Waals surface area contributed by atoms with Gasteiger partial charge >= 0.3 is 0 Å². The van der Waals surface area contributed by atoms with Crippen molar-refractivity contribution in [2.75, 3.05) is 18.8 Å². The molecule has 1 aromatic rings. The molecule has 1 atom stereocenters. The van der Waals surface area contributed by atoms with Crippen molar-refractivity contribution in [1.29, 1.82) is 0 Å². The number of hydrogen-bond acceptors (Lipinski definition) is 3. The molecular weight excluding hydrogens is 300 g/mol. The Balaban J connectivity index is 1.95. The summed E-state index contributed by atoms with van der Waals surface area (Å²) in [4.78, 5) is 4.21. The average molecular weight is 317 g/mol. The molecule has 1 saturated heterocycles. The first-order chi connectivity index (χ1) is 8.20. The zero-order valence-electron chi connectivity index (χ0n) is 9.93. The first kappa shape index (κ1) is 13.3. The number of halogens is 1. The van der Waals surface area contributed by atoms with Crippen molar-refractivity contribution in [2.45, 2.75) is 25.7 Å². The maximum atomic E-state index is 11.7. The minimum absolute atomic E-state index is 0.560. The van der Waals surface area contributed by atoms with E-state index in [2.05, 4.69) is 31.3 Å². The van der Waals surface area contributed by atoms with Gasteiger partial charge in [0.25, 0.3) is 0 Å². The Labute approximate surface area is 114 Å². The van der Waals surface area contributed by atoms with Gasteiger partial charge in [-0.1, -0.05) is 0 Å². The molecule has 0 N–H and O–H groups in total. The predicted molar refractivity (Wildman–Crippen MR) is 74.2 cm³/mol. The molecule has 94 valence electrons. The summed E-state index contributed by atoms with van der Waals surface area (Å²) in [5, 5.41) is 0. The van der Waals surface area contributed by atoms with Crippen LogP contribution in [0.5, 0.6) is 0 Å². The Kier molecular flexibility index (Phi) is 4.85. The van der Waals surface area contributed by atoms with Crippen molar-refractivity contribution in [1.82, 2.24) is 9.29 Å². The SMILES string of the molecule is CC[S+]([O-])N1CCC(c2cncc(Br)c2)CC1. The maximum absolute atomic E-state index is 11.7. The smallest absolute Gasteiger partial charge is 0.123 e. The van der Waals surface area contributed by atoms with E-state index in [1.807, 2.05) is 19.3 Å². The summed E-state index contributed by atoms with van der Waals surface area (Å²) in [6.07, 6.45) is 5.90. The van der Waals surface area contributed by atoms with Gasteiger partial charge in [0.15, 0.2) is 0 Å². The summed E-state index contributed by atoms with van der Waals surface area (Å²) < 4.78 is 14.8. The highest BCUT2D eigenvalue weighted by Crippen LogP contribution is 2.29. The molecule has 0 aromatic carbocycles. The molecule has 0 spiro atoms. The van der Waals surface area contributed by atoms with Crippen LogP contribution in [0.25, 0.3) is 0 Å². The number of aromatic nitrogens is 1. The Morgan fingerprint density at radius 1 is 1.47 bits per heavy atom. The van der Waals surface area contributed by atoms with Crippen LogP contribution in [-0.2, 0) is 11.4 Å². The average Bonchev–Trinajstić information content (AvgIpc) is 2.38. The molecule has 0 aliphatic carbocycles. The summed E-state index contributed by atoms with van der Waals surface area (Å²) in [5.74, 6) is 1.29. The highest BCUT2D eigenvalue weighted by atomic mass is 79.9. The molecule has 0 amide bonds. The number of piperidine rings is 1. The lowest BCUT2D eigenvalue weighted by molar-refractivity contribution is 0.319. The lowest BCUT2D eigenvalue weighted by Gasteiger charge is -2.31. The van der Waals surface area contributed by atoms with Gasteiger partial charge < -0.3 is 4.55 Å². The zero-order valence-corrected chi connectivity index (χ0v) is 12.3. The molecule has 5 heteroatoms. The van der Waals surface area contributed by atoms with Crippen molar-refractivity contribution < 1.29 is 4.55 Å². The van der Waals surface area contributed by atoms with E-state index < -0.39 is 11.4 Å². The van der Waals surface area contributed by atoms with Gasteiger partial charge in [-0.15, -0.1) is 4.31 Å². The monoisotopic (exact) mass is 316 g/mol. The van der Waals surface area contributed by atoms with Crippen LogP contribution >= 0.6 is 15.9 Å². The first-order valence-corrected chi connectivity index (χ1v) is 8.01. The lowest BCUT2D eigenvalue weighted by atomic mass is 9.91. The van der Waals surface area contributed by atoms with Gasteiger partial charge in [-0.25, -0.2) is 0 Å². The van der Waals surface area contributed by atoms with Crippen molar-refractivity contribution in [3.63, 3.8) is 0 Å². The molecule has 17 heavy (non-hydrogen) atoms. The second kappa shape index (κ2) is 6.18. The summed E-state index contributed by atoms with van der Waals surface area (Å²) in [6.45, 7) is 3.83. The van der Waals surface area contributed by atoms with Crippen LogP contribution < -0.4 is 0 Å². The van der Waals surface area contributed by atoms with Crippen molar-refractivity contribution in [3.05, 3.63) is 28.5 Å². The van der Waals surface area contributed by atoms with Gasteiger partial charge in [0.2, 0.25) is 0 Å².